The molecule has 0 bridgehead atoms. The zero-order chi connectivity index (χ0) is 10.7. The molecule has 0 saturated carbocycles. The van der Waals surface area contributed by atoms with Gasteiger partial charge in [-0.2, -0.15) is 0 Å². The number of benzene rings is 1. The van der Waals surface area contributed by atoms with Crippen molar-refractivity contribution in [2.75, 3.05) is 6.61 Å². The summed E-state index contributed by atoms with van der Waals surface area (Å²) in [7, 11) is 0. The first-order valence-corrected chi connectivity index (χ1v) is 5.20. The van der Waals surface area contributed by atoms with Crippen molar-refractivity contribution in [2.24, 2.45) is 0 Å². The van der Waals surface area contributed by atoms with Crippen LogP contribution in [0, 0.1) is 0 Å². The topological polar surface area (TPSA) is 48.0 Å². The monoisotopic (exact) mass is 240 g/mol. The molecule has 0 radical (unpaired) electrons. The minimum absolute atomic E-state index is 0. The summed E-state index contributed by atoms with van der Waals surface area (Å²) in [4.78, 5) is 3.23. The summed E-state index contributed by atoms with van der Waals surface area (Å²) < 4.78 is 0. The maximum absolute atomic E-state index is 8.92. The van der Waals surface area contributed by atoms with Gasteiger partial charge in [0.05, 0.1) is 6.61 Å². The van der Waals surface area contributed by atoms with Gasteiger partial charge in [-0.15, -0.1) is 12.4 Å². The first-order chi connectivity index (χ1) is 7.31. The predicted molar refractivity (Wildman–Crippen MR) is 68.9 cm³/mol. The zero-order valence-corrected chi connectivity index (χ0v) is 10.1. The van der Waals surface area contributed by atoms with Crippen molar-refractivity contribution in [1.82, 2.24) is 10.3 Å². The highest BCUT2D eigenvalue weighted by Crippen LogP contribution is 2.16. The van der Waals surface area contributed by atoms with E-state index in [1.807, 2.05) is 13.1 Å². The van der Waals surface area contributed by atoms with E-state index in [1.54, 1.807) is 0 Å². The number of halogens is 1. The van der Waals surface area contributed by atoms with Crippen LogP contribution in [0.4, 0.5) is 0 Å². The van der Waals surface area contributed by atoms with E-state index in [0.29, 0.717) is 0 Å². The Labute approximate surface area is 101 Å². The van der Waals surface area contributed by atoms with Gasteiger partial charge in [0, 0.05) is 24.3 Å². The van der Waals surface area contributed by atoms with E-state index in [4.69, 9.17) is 5.11 Å². The van der Waals surface area contributed by atoms with E-state index in [9.17, 15) is 0 Å². The number of rotatable bonds is 4. The highest BCUT2D eigenvalue weighted by atomic mass is 35.5. The Bertz CT molecular complexity index is 441. The highest BCUT2D eigenvalue weighted by Gasteiger charge is 2.03. The number of nitrogens with one attached hydrogen (secondary N) is 2. The van der Waals surface area contributed by atoms with E-state index < -0.39 is 0 Å². The van der Waals surface area contributed by atoms with E-state index in [1.165, 1.54) is 16.5 Å². The van der Waals surface area contributed by atoms with Crippen LogP contribution in [0.1, 0.15) is 12.5 Å². The number of aliphatic hydroxyl groups excluding tert-OH is 1. The molecule has 88 valence electrons. The number of fused-ring (bicyclic) bond motifs is 1. The van der Waals surface area contributed by atoms with Gasteiger partial charge >= 0.3 is 0 Å². The number of hydrogen-bond donors (Lipinski definition) is 3. The standard InChI is InChI=1S/C12H16N2O.ClH/c1-9(8-15)14-7-11-4-2-3-10-5-6-13-12(10)11;/h2-6,9,13-15H,7-8H2,1H3;1H/t9-;/m1./s1. The molecule has 1 aromatic heterocycles. The molecule has 0 saturated heterocycles. The second kappa shape index (κ2) is 5.89. The molecular formula is C12H17ClN2O. The van der Waals surface area contributed by atoms with Crippen LogP contribution in [0.25, 0.3) is 10.9 Å². The van der Waals surface area contributed by atoms with Crippen molar-refractivity contribution in [3.8, 4) is 0 Å². The van der Waals surface area contributed by atoms with Gasteiger partial charge in [-0.05, 0) is 23.9 Å². The number of hydrogen-bond acceptors (Lipinski definition) is 2. The lowest BCUT2D eigenvalue weighted by molar-refractivity contribution is 0.251. The third kappa shape index (κ3) is 2.76. The van der Waals surface area contributed by atoms with Crippen molar-refractivity contribution in [2.45, 2.75) is 19.5 Å². The Balaban J connectivity index is 0.00000128. The summed E-state index contributed by atoms with van der Waals surface area (Å²) in [5, 5.41) is 13.4. The summed E-state index contributed by atoms with van der Waals surface area (Å²) >= 11 is 0. The first-order valence-electron chi connectivity index (χ1n) is 5.20. The molecule has 0 aliphatic rings. The second-order valence-corrected chi connectivity index (χ2v) is 3.82. The molecule has 1 aromatic carbocycles. The number of H-pyrrole nitrogens is 1. The highest BCUT2D eigenvalue weighted by molar-refractivity contribution is 5.85. The second-order valence-electron chi connectivity index (χ2n) is 3.82. The Kier molecular flexibility index (Phi) is 4.80. The third-order valence-corrected chi connectivity index (χ3v) is 2.59. The number of aliphatic hydroxyl groups is 1. The average Bonchev–Trinajstić information content (AvgIpc) is 2.74. The molecule has 3 nitrogen and oxygen atoms in total. The molecule has 0 unspecified atom stereocenters. The van der Waals surface area contributed by atoms with E-state index in [2.05, 4.69) is 34.6 Å². The van der Waals surface area contributed by atoms with Crippen LogP contribution in [-0.4, -0.2) is 22.7 Å². The molecule has 1 heterocycles. The lowest BCUT2D eigenvalue weighted by atomic mass is 10.1. The van der Waals surface area contributed by atoms with Crippen molar-refractivity contribution in [3.05, 3.63) is 36.0 Å². The molecule has 2 rings (SSSR count). The van der Waals surface area contributed by atoms with E-state index >= 15 is 0 Å². The van der Waals surface area contributed by atoms with Crippen molar-refractivity contribution in [3.63, 3.8) is 0 Å². The van der Waals surface area contributed by atoms with E-state index in [-0.39, 0.29) is 25.1 Å². The molecule has 2 aromatic rings. The molecule has 0 aliphatic carbocycles. The van der Waals surface area contributed by atoms with Crippen molar-refractivity contribution in [1.29, 1.82) is 0 Å². The normalized spacial score (nSPS) is 12.4. The van der Waals surface area contributed by atoms with Gasteiger partial charge in [-0.3, -0.25) is 0 Å². The number of aromatic nitrogens is 1. The van der Waals surface area contributed by atoms with Crippen LogP contribution in [0.2, 0.25) is 0 Å². The molecule has 0 amide bonds. The molecular weight excluding hydrogens is 224 g/mol. The zero-order valence-electron chi connectivity index (χ0n) is 9.23. The lowest BCUT2D eigenvalue weighted by Gasteiger charge is -2.11. The third-order valence-electron chi connectivity index (χ3n) is 2.59. The van der Waals surface area contributed by atoms with Gasteiger partial charge in [-0.25, -0.2) is 0 Å². The fraction of sp³-hybridized carbons (Fsp3) is 0.333. The maximum Gasteiger partial charge on any atom is 0.0582 e. The molecule has 0 aliphatic heterocycles. The Morgan fingerprint density at radius 1 is 1.38 bits per heavy atom. The van der Waals surface area contributed by atoms with Crippen LogP contribution < -0.4 is 5.32 Å². The molecule has 0 spiro atoms. The quantitative estimate of drug-likeness (QED) is 0.766. The number of aromatic amines is 1. The Morgan fingerprint density at radius 3 is 2.94 bits per heavy atom. The van der Waals surface area contributed by atoms with Gasteiger partial charge in [0.15, 0.2) is 0 Å². The molecule has 0 fully saturated rings. The largest absolute Gasteiger partial charge is 0.395 e. The lowest BCUT2D eigenvalue weighted by Crippen LogP contribution is -2.28. The van der Waals surface area contributed by atoms with Crippen LogP contribution in [0.5, 0.6) is 0 Å². The first kappa shape index (κ1) is 13.0. The van der Waals surface area contributed by atoms with Crippen molar-refractivity contribution >= 4 is 23.3 Å². The fourth-order valence-corrected chi connectivity index (χ4v) is 1.65. The van der Waals surface area contributed by atoms with Crippen LogP contribution in [-0.2, 0) is 6.54 Å². The van der Waals surface area contributed by atoms with Crippen LogP contribution in [0.3, 0.4) is 0 Å². The molecule has 3 N–H and O–H groups in total. The van der Waals surface area contributed by atoms with Gasteiger partial charge in [0.2, 0.25) is 0 Å². The van der Waals surface area contributed by atoms with Crippen molar-refractivity contribution < 1.29 is 5.11 Å². The maximum atomic E-state index is 8.92. The summed E-state index contributed by atoms with van der Waals surface area (Å²) in [6.45, 7) is 2.91. The number of para-hydroxylation sites is 1. The molecule has 4 heteroatoms. The van der Waals surface area contributed by atoms with Crippen LogP contribution in [0.15, 0.2) is 30.5 Å². The van der Waals surface area contributed by atoms with Gasteiger partial charge in [-0.1, -0.05) is 18.2 Å². The summed E-state index contributed by atoms with van der Waals surface area (Å²) in [5.74, 6) is 0. The minimum Gasteiger partial charge on any atom is -0.395 e. The SMILES string of the molecule is C[C@H](CO)NCc1cccc2cc[nH]c12.Cl. The molecule has 16 heavy (non-hydrogen) atoms. The average molecular weight is 241 g/mol. The fourth-order valence-electron chi connectivity index (χ4n) is 1.65. The Morgan fingerprint density at radius 2 is 2.19 bits per heavy atom. The van der Waals surface area contributed by atoms with Gasteiger partial charge in [0.25, 0.3) is 0 Å². The van der Waals surface area contributed by atoms with Gasteiger partial charge < -0.3 is 15.4 Å². The van der Waals surface area contributed by atoms with Crippen LogP contribution >= 0.6 is 12.4 Å². The Hall–Kier alpha value is -1.03. The summed E-state index contributed by atoms with van der Waals surface area (Å²) in [5.41, 5.74) is 2.41. The summed E-state index contributed by atoms with van der Waals surface area (Å²) in [6.07, 6.45) is 1.95. The van der Waals surface area contributed by atoms with Gasteiger partial charge in [0.1, 0.15) is 0 Å². The predicted octanol–water partition coefficient (Wildman–Crippen LogP) is 2.06. The smallest absolute Gasteiger partial charge is 0.0582 e. The van der Waals surface area contributed by atoms with E-state index in [0.717, 1.165) is 6.54 Å². The molecule has 1 atom stereocenters. The minimum atomic E-state index is 0. The summed E-state index contributed by atoms with van der Waals surface area (Å²) in [6, 6.07) is 8.43.